The molecule has 3 heteroatoms. The molecule has 4 rings (SSSR count). The van der Waals surface area contributed by atoms with Gasteiger partial charge in [-0.3, -0.25) is 0 Å². The molecule has 26 heavy (non-hydrogen) atoms. The molecule has 0 saturated carbocycles. The fourth-order valence-corrected chi connectivity index (χ4v) is 3.83. The third kappa shape index (κ3) is 3.04. The van der Waals surface area contributed by atoms with Crippen LogP contribution in [0.3, 0.4) is 0 Å². The molecule has 3 nitrogen and oxygen atoms in total. The van der Waals surface area contributed by atoms with Crippen LogP contribution in [0, 0.1) is 0 Å². The summed E-state index contributed by atoms with van der Waals surface area (Å²) in [5.74, 6) is 1.20. The number of anilines is 1. The van der Waals surface area contributed by atoms with E-state index in [1.54, 1.807) is 0 Å². The van der Waals surface area contributed by atoms with E-state index in [1.807, 2.05) is 6.92 Å². The van der Waals surface area contributed by atoms with Crippen LogP contribution in [0.2, 0.25) is 0 Å². The van der Waals surface area contributed by atoms with Crippen molar-refractivity contribution in [3.8, 4) is 5.75 Å². The van der Waals surface area contributed by atoms with Gasteiger partial charge in [0.05, 0.1) is 0 Å². The maximum Gasteiger partial charge on any atom is 0.200 e. The van der Waals surface area contributed by atoms with Crippen molar-refractivity contribution < 1.29 is 9.47 Å². The summed E-state index contributed by atoms with van der Waals surface area (Å²) >= 11 is 0. The van der Waals surface area contributed by atoms with Gasteiger partial charge in [-0.05, 0) is 41.5 Å². The lowest BCUT2D eigenvalue weighted by Crippen LogP contribution is -2.29. The second kappa shape index (κ2) is 7.00. The number of fused-ring (bicyclic) bond motifs is 3. The molecule has 0 unspecified atom stereocenters. The van der Waals surface area contributed by atoms with Crippen LogP contribution < -0.4 is 9.64 Å². The van der Waals surface area contributed by atoms with E-state index >= 15 is 0 Å². The van der Waals surface area contributed by atoms with Crippen molar-refractivity contribution in [3.63, 3.8) is 0 Å². The van der Waals surface area contributed by atoms with Gasteiger partial charge in [0, 0.05) is 44.3 Å². The molecule has 0 spiro atoms. The van der Waals surface area contributed by atoms with Crippen LogP contribution in [-0.2, 0) is 4.74 Å². The van der Waals surface area contributed by atoms with E-state index in [1.165, 1.54) is 27.6 Å². The van der Waals surface area contributed by atoms with Gasteiger partial charge in [0.1, 0.15) is 5.75 Å². The van der Waals surface area contributed by atoms with Crippen LogP contribution in [0.25, 0.3) is 10.8 Å². The molecular weight excluding hydrogens is 322 g/mol. The topological polar surface area (TPSA) is 21.7 Å². The third-order valence-electron chi connectivity index (χ3n) is 5.13. The minimum Gasteiger partial charge on any atom is -0.465 e. The van der Waals surface area contributed by atoms with Gasteiger partial charge in [-0.2, -0.15) is 0 Å². The highest BCUT2D eigenvalue weighted by atomic mass is 16.7. The standard InChI is InChI=1S/C23H25NO2/c1-4-25-22-15-20(17-9-12-18(13-10-17)24(2)3)23-19-8-6-5-7-16(19)11-14-21(23)26-22/h5-14,20,22H,4,15H2,1-3H3/t20-,22-/m1/s1. The van der Waals surface area contributed by atoms with E-state index < -0.39 is 0 Å². The van der Waals surface area contributed by atoms with Crippen molar-refractivity contribution in [1.29, 1.82) is 0 Å². The monoisotopic (exact) mass is 347 g/mol. The molecule has 3 aromatic rings. The Bertz CT molecular complexity index is 902. The summed E-state index contributed by atoms with van der Waals surface area (Å²) in [6.45, 7) is 2.67. The highest BCUT2D eigenvalue weighted by Gasteiger charge is 2.31. The van der Waals surface area contributed by atoms with E-state index in [0.29, 0.717) is 6.61 Å². The molecule has 0 N–H and O–H groups in total. The number of nitrogens with zero attached hydrogens (tertiary/aromatic N) is 1. The zero-order chi connectivity index (χ0) is 18.1. The Balaban J connectivity index is 1.84. The van der Waals surface area contributed by atoms with Crippen LogP contribution in [-0.4, -0.2) is 27.0 Å². The average molecular weight is 347 g/mol. The lowest BCUT2D eigenvalue weighted by molar-refractivity contribution is -0.0891. The first kappa shape index (κ1) is 16.9. The molecule has 1 aliphatic heterocycles. The molecule has 2 atom stereocenters. The van der Waals surface area contributed by atoms with Crippen LogP contribution in [0.4, 0.5) is 5.69 Å². The Hall–Kier alpha value is -2.52. The van der Waals surface area contributed by atoms with Crippen LogP contribution in [0.5, 0.6) is 5.75 Å². The van der Waals surface area contributed by atoms with Gasteiger partial charge in [0.15, 0.2) is 0 Å². The van der Waals surface area contributed by atoms with Crippen molar-refractivity contribution in [2.24, 2.45) is 0 Å². The van der Waals surface area contributed by atoms with E-state index in [4.69, 9.17) is 9.47 Å². The Kier molecular flexibility index (Phi) is 4.56. The van der Waals surface area contributed by atoms with Crippen LogP contribution in [0.1, 0.15) is 30.4 Å². The predicted molar refractivity (Wildman–Crippen MR) is 107 cm³/mol. The van der Waals surface area contributed by atoms with Gasteiger partial charge in [-0.25, -0.2) is 0 Å². The summed E-state index contributed by atoms with van der Waals surface area (Å²) < 4.78 is 12.0. The van der Waals surface area contributed by atoms with Gasteiger partial charge in [-0.15, -0.1) is 0 Å². The third-order valence-corrected chi connectivity index (χ3v) is 5.13. The van der Waals surface area contributed by atoms with E-state index in [0.717, 1.165) is 12.2 Å². The number of hydrogen-bond acceptors (Lipinski definition) is 3. The predicted octanol–water partition coefficient (Wildman–Crippen LogP) is 5.18. The zero-order valence-electron chi connectivity index (χ0n) is 15.6. The molecule has 1 aliphatic rings. The number of ether oxygens (including phenoxy) is 2. The fourth-order valence-electron chi connectivity index (χ4n) is 3.83. The molecular formula is C23H25NO2. The smallest absolute Gasteiger partial charge is 0.200 e. The van der Waals surface area contributed by atoms with Crippen molar-refractivity contribution in [1.82, 2.24) is 0 Å². The van der Waals surface area contributed by atoms with Gasteiger partial charge < -0.3 is 14.4 Å². The largest absolute Gasteiger partial charge is 0.465 e. The highest BCUT2D eigenvalue weighted by Crippen LogP contribution is 2.44. The first-order chi connectivity index (χ1) is 12.7. The first-order valence-electron chi connectivity index (χ1n) is 9.24. The average Bonchev–Trinajstić information content (AvgIpc) is 2.67. The minimum absolute atomic E-state index is 0.202. The van der Waals surface area contributed by atoms with Gasteiger partial charge >= 0.3 is 0 Å². The minimum atomic E-state index is -0.202. The normalized spacial score (nSPS) is 19.0. The molecule has 0 fully saturated rings. The maximum absolute atomic E-state index is 6.16. The van der Waals surface area contributed by atoms with E-state index in [-0.39, 0.29) is 12.2 Å². The Morgan fingerprint density at radius 3 is 2.50 bits per heavy atom. The van der Waals surface area contributed by atoms with Crippen molar-refractivity contribution in [2.75, 3.05) is 25.6 Å². The van der Waals surface area contributed by atoms with E-state index in [9.17, 15) is 0 Å². The summed E-state index contributed by atoms with van der Waals surface area (Å²) in [6, 6.07) is 21.6. The highest BCUT2D eigenvalue weighted by molar-refractivity contribution is 5.89. The second-order valence-corrected chi connectivity index (χ2v) is 6.98. The van der Waals surface area contributed by atoms with Crippen molar-refractivity contribution in [2.45, 2.75) is 25.6 Å². The van der Waals surface area contributed by atoms with Crippen molar-refractivity contribution >= 4 is 16.5 Å². The summed E-state index contributed by atoms with van der Waals surface area (Å²) in [5, 5.41) is 2.52. The number of benzene rings is 3. The van der Waals surface area contributed by atoms with Crippen LogP contribution in [0.15, 0.2) is 60.7 Å². The Morgan fingerprint density at radius 1 is 1.00 bits per heavy atom. The van der Waals surface area contributed by atoms with Crippen LogP contribution >= 0.6 is 0 Å². The maximum atomic E-state index is 6.16. The SMILES string of the molecule is CCO[C@H]1C[C@H](c2ccc(N(C)C)cc2)c2c(ccc3ccccc23)O1. The fraction of sp³-hybridized carbons (Fsp3) is 0.304. The summed E-state index contributed by atoms with van der Waals surface area (Å²) in [7, 11) is 4.13. The first-order valence-corrected chi connectivity index (χ1v) is 9.24. The molecule has 0 bridgehead atoms. The molecule has 1 heterocycles. The molecule has 0 aromatic heterocycles. The Morgan fingerprint density at radius 2 is 1.77 bits per heavy atom. The van der Waals surface area contributed by atoms with Gasteiger partial charge in [0.25, 0.3) is 0 Å². The molecule has 0 amide bonds. The second-order valence-electron chi connectivity index (χ2n) is 6.98. The lowest BCUT2D eigenvalue weighted by atomic mass is 9.83. The molecule has 0 saturated heterocycles. The quantitative estimate of drug-likeness (QED) is 0.649. The van der Waals surface area contributed by atoms with E-state index in [2.05, 4.69) is 79.7 Å². The molecule has 134 valence electrons. The molecule has 0 radical (unpaired) electrons. The van der Waals surface area contributed by atoms with Gasteiger partial charge in [0.2, 0.25) is 6.29 Å². The molecule has 0 aliphatic carbocycles. The number of rotatable bonds is 4. The zero-order valence-corrected chi connectivity index (χ0v) is 15.6. The molecule has 3 aromatic carbocycles. The summed E-state index contributed by atoms with van der Waals surface area (Å²) in [5.41, 5.74) is 3.79. The number of hydrogen-bond donors (Lipinski definition) is 0. The summed E-state index contributed by atoms with van der Waals surface area (Å²) in [6.07, 6.45) is 0.628. The van der Waals surface area contributed by atoms with Gasteiger partial charge in [-0.1, -0.05) is 42.5 Å². The van der Waals surface area contributed by atoms with Crippen molar-refractivity contribution in [3.05, 3.63) is 71.8 Å². The lowest BCUT2D eigenvalue weighted by Gasteiger charge is -2.33. The Labute approximate surface area is 155 Å². The summed E-state index contributed by atoms with van der Waals surface area (Å²) in [4.78, 5) is 2.13.